The van der Waals surface area contributed by atoms with Gasteiger partial charge in [0.2, 0.25) is 0 Å². The van der Waals surface area contributed by atoms with Crippen LogP contribution < -0.4 is 16.0 Å². The van der Waals surface area contributed by atoms with Gasteiger partial charge in [0.25, 0.3) is 5.91 Å². The first-order chi connectivity index (χ1) is 11.1. The number of nitrogens with zero attached hydrogens (tertiary/aromatic N) is 3. The molecule has 1 aliphatic heterocycles. The van der Waals surface area contributed by atoms with E-state index in [0.29, 0.717) is 13.1 Å². The molecular formula is C16H19N5O2. The molecule has 1 aromatic carbocycles. The van der Waals surface area contributed by atoms with Crippen molar-refractivity contribution in [3.8, 4) is 0 Å². The molecule has 0 unspecified atom stereocenters. The average Bonchev–Trinajstić information content (AvgIpc) is 3.00. The monoisotopic (exact) mass is 313 g/mol. The summed E-state index contributed by atoms with van der Waals surface area (Å²) in [5, 5.41) is 12.5. The molecule has 0 spiro atoms. The van der Waals surface area contributed by atoms with Crippen LogP contribution in [-0.4, -0.2) is 40.2 Å². The van der Waals surface area contributed by atoms with E-state index in [1.54, 1.807) is 0 Å². The lowest BCUT2D eigenvalue weighted by molar-refractivity contribution is 0.0945. The van der Waals surface area contributed by atoms with Crippen LogP contribution in [-0.2, 0) is 6.54 Å². The molecule has 1 saturated heterocycles. The van der Waals surface area contributed by atoms with Crippen LogP contribution in [0.25, 0.3) is 0 Å². The first-order valence-electron chi connectivity index (χ1n) is 7.50. The minimum Gasteiger partial charge on any atom is -0.391 e. The lowest BCUT2D eigenvalue weighted by atomic mass is 10.1. The number of nitrogens with two attached hydrogens (primary N) is 1. The van der Waals surface area contributed by atoms with Gasteiger partial charge in [-0.3, -0.25) is 4.79 Å². The predicted molar refractivity (Wildman–Crippen MR) is 86.9 cm³/mol. The number of aromatic nitrogens is 2. The number of hydrogen-bond acceptors (Lipinski definition) is 6. The third-order valence-corrected chi connectivity index (χ3v) is 3.84. The van der Waals surface area contributed by atoms with E-state index in [0.717, 1.165) is 24.2 Å². The summed E-state index contributed by atoms with van der Waals surface area (Å²) in [6.45, 7) is 1.82. The minimum absolute atomic E-state index is 0.230. The number of anilines is 2. The van der Waals surface area contributed by atoms with Gasteiger partial charge in [0.1, 0.15) is 11.5 Å². The Hall–Kier alpha value is -2.67. The number of amides is 1. The van der Waals surface area contributed by atoms with Crippen LogP contribution in [0.5, 0.6) is 0 Å². The predicted octanol–water partition coefficient (Wildman–Crippen LogP) is 0.560. The summed E-state index contributed by atoms with van der Waals surface area (Å²) < 4.78 is 0. The van der Waals surface area contributed by atoms with Gasteiger partial charge in [-0.05, 0) is 18.1 Å². The van der Waals surface area contributed by atoms with Gasteiger partial charge in [0.15, 0.2) is 0 Å². The molecule has 1 fully saturated rings. The van der Waals surface area contributed by atoms with E-state index < -0.39 is 0 Å². The molecule has 120 valence electrons. The van der Waals surface area contributed by atoms with Crippen LogP contribution >= 0.6 is 0 Å². The largest absolute Gasteiger partial charge is 0.391 e. The maximum Gasteiger partial charge on any atom is 0.271 e. The number of carbonyl (C=O) groups is 1. The van der Waals surface area contributed by atoms with Gasteiger partial charge in [-0.15, -0.1) is 0 Å². The van der Waals surface area contributed by atoms with Gasteiger partial charge >= 0.3 is 0 Å². The van der Waals surface area contributed by atoms with Crippen molar-refractivity contribution >= 4 is 17.4 Å². The van der Waals surface area contributed by atoms with Crippen LogP contribution in [0.2, 0.25) is 0 Å². The van der Waals surface area contributed by atoms with Gasteiger partial charge in [0.05, 0.1) is 18.5 Å². The van der Waals surface area contributed by atoms with Gasteiger partial charge < -0.3 is 21.1 Å². The van der Waals surface area contributed by atoms with Crippen molar-refractivity contribution < 1.29 is 9.90 Å². The second-order valence-corrected chi connectivity index (χ2v) is 5.53. The zero-order valence-corrected chi connectivity index (χ0v) is 12.6. The molecule has 23 heavy (non-hydrogen) atoms. The van der Waals surface area contributed by atoms with Crippen LogP contribution in [0.3, 0.4) is 0 Å². The number of nitrogen functional groups attached to an aromatic ring is 1. The highest BCUT2D eigenvalue weighted by Crippen LogP contribution is 2.24. The summed E-state index contributed by atoms with van der Waals surface area (Å²) in [7, 11) is 0. The first-order valence-corrected chi connectivity index (χ1v) is 7.50. The number of β-amino-alcohol motifs (C(OH)–C–C–N with tert-alkyl or cyclic N) is 1. The second-order valence-electron chi connectivity index (χ2n) is 5.53. The molecule has 4 N–H and O–H groups in total. The van der Waals surface area contributed by atoms with E-state index in [1.165, 1.54) is 12.4 Å². The summed E-state index contributed by atoms with van der Waals surface area (Å²) >= 11 is 0. The van der Waals surface area contributed by atoms with Gasteiger partial charge in [-0.25, -0.2) is 9.97 Å². The Kier molecular flexibility index (Phi) is 4.38. The van der Waals surface area contributed by atoms with E-state index in [2.05, 4.69) is 20.2 Å². The molecule has 0 saturated carbocycles. The number of carbonyl (C=O) groups excluding carboxylic acids is 1. The SMILES string of the molecule is Nc1cnc(C(=O)NCc2ccccc2N2CC[C@@H](O)C2)cn1. The Labute approximate surface area is 134 Å². The van der Waals surface area contributed by atoms with E-state index in [4.69, 9.17) is 5.73 Å². The number of hydrogen-bond donors (Lipinski definition) is 3. The summed E-state index contributed by atoms with van der Waals surface area (Å²) in [5.41, 5.74) is 7.72. The summed E-state index contributed by atoms with van der Waals surface area (Å²) in [5.74, 6) is -0.0201. The number of para-hydroxylation sites is 1. The summed E-state index contributed by atoms with van der Waals surface area (Å²) in [6.07, 6.45) is 3.19. The molecule has 2 aromatic rings. The highest BCUT2D eigenvalue weighted by atomic mass is 16.3. The summed E-state index contributed by atoms with van der Waals surface area (Å²) in [6, 6.07) is 7.86. The number of aliphatic hydroxyl groups excluding tert-OH is 1. The molecule has 0 bridgehead atoms. The van der Waals surface area contributed by atoms with E-state index in [1.807, 2.05) is 24.3 Å². The van der Waals surface area contributed by atoms with Gasteiger partial charge in [-0.1, -0.05) is 18.2 Å². The maximum atomic E-state index is 12.1. The number of rotatable bonds is 4. The van der Waals surface area contributed by atoms with Gasteiger partial charge in [-0.2, -0.15) is 0 Å². The average molecular weight is 313 g/mol. The fraction of sp³-hybridized carbons (Fsp3) is 0.312. The number of aliphatic hydroxyl groups is 1. The molecule has 1 aliphatic rings. The van der Waals surface area contributed by atoms with Gasteiger partial charge in [0, 0.05) is 25.3 Å². The van der Waals surface area contributed by atoms with Crippen molar-refractivity contribution in [1.82, 2.24) is 15.3 Å². The number of benzene rings is 1. The van der Waals surface area contributed by atoms with Crippen LogP contribution in [0, 0.1) is 0 Å². The quantitative estimate of drug-likeness (QED) is 0.762. The Balaban J connectivity index is 1.68. The fourth-order valence-electron chi connectivity index (χ4n) is 2.65. The lowest BCUT2D eigenvalue weighted by Gasteiger charge is -2.21. The highest BCUT2D eigenvalue weighted by molar-refractivity contribution is 5.92. The van der Waals surface area contributed by atoms with E-state index in [9.17, 15) is 9.90 Å². The Morgan fingerprint density at radius 3 is 2.87 bits per heavy atom. The molecule has 1 atom stereocenters. The third kappa shape index (κ3) is 3.57. The fourth-order valence-corrected chi connectivity index (χ4v) is 2.65. The van der Waals surface area contributed by atoms with Crippen molar-refractivity contribution in [2.24, 2.45) is 0 Å². The van der Waals surface area contributed by atoms with E-state index >= 15 is 0 Å². The zero-order valence-electron chi connectivity index (χ0n) is 12.6. The van der Waals surface area contributed by atoms with E-state index in [-0.39, 0.29) is 23.5 Å². The third-order valence-electron chi connectivity index (χ3n) is 3.84. The van der Waals surface area contributed by atoms with Crippen LogP contribution in [0.1, 0.15) is 22.5 Å². The summed E-state index contributed by atoms with van der Waals surface area (Å²) in [4.78, 5) is 22.1. The molecule has 1 aromatic heterocycles. The standard InChI is InChI=1S/C16H19N5O2/c17-15-9-18-13(8-19-15)16(23)20-7-11-3-1-2-4-14(11)21-6-5-12(22)10-21/h1-4,8-9,12,22H,5-7,10H2,(H2,17,19)(H,20,23)/t12-/m1/s1. The van der Waals surface area contributed by atoms with Crippen molar-refractivity contribution in [3.05, 3.63) is 47.9 Å². The highest BCUT2D eigenvalue weighted by Gasteiger charge is 2.22. The first kappa shape index (κ1) is 15.2. The Morgan fingerprint density at radius 2 is 2.17 bits per heavy atom. The molecule has 2 heterocycles. The number of nitrogens with one attached hydrogen (secondary N) is 1. The second kappa shape index (κ2) is 6.62. The Morgan fingerprint density at radius 1 is 1.35 bits per heavy atom. The molecule has 3 rings (SSSR count). The minimum atomic E-state index is -0.297. The zero-order chi connectivity index (χ0) is 16.2. The molecule has 0 aliphatic carbocycles. The van der Waals surface area contributed by atoms with Crippen molar-refractivity contribution in [2.45, 2.75) is 19.1 Å². The molecule has 7 nitrogen and oxygen atoms in total. The Bertz CT molecular complexity index is 689. The van der Waals surface area contributed by atoms with Crippen molar-refractivity contribution in [1.29, 1.82) is 0 Å². The van der Waals surface area contributed by atoms with Crippen LogP contribution in [0.4, 0.5) is 11.5 Å². The smallest absolute Gasteiger partial charge is 0.271 e. The van der Waals surface area contributed by atoms with Crippen LogP contribution in [0.15, 0.2) is 36.7 Å². The molecule has 7 heteroatoms. The molecular weight excluding hydrogens is 294 g/mol. The molecule has 1 amide bonds. The maximum absolute atomic E-state index is 12.1. The normalized spacial score (nSPS) is 17.3. The molecule has 0 radical (unpaired) electrons. The van der Waals surface area contributed by atoms with Crippen molar-refractivity contribution in [3.63, 3.8) is 0 Å². The van der Waals surface area contributed by atoms with Crippen molar-refractivity contribution in [2.75, 3.05) is 23.7 Å². The lowest BCUT2D eigenvalue weighted by Crippen LogP contribution is -2.27. The topological polar surface area (TPSA) is 104 Å².